The fourth-order valence-electron chi connectivity index (χ4n) is 4.87. The number of aromatic nitrogens is 4. The summed E-state index contributed by atoms with van der Waals surface area (Å²) in [6.45, 7) is 1.69. The minimum Gasteiger partial charge on any atom is -0.365 e. The lowest BCUT2D eigenvalue weighted by atomic mass is 10.1. The number of alkyl halides is 3. The van der Waals surface area contributed by atoms with Crippen molar-refractivity contribution >= 4 is 45.0 Å². The highest BCUT2D eigenvalue weighted by Crippen LogP contribution is 2.34. The SMILES string of the molecule is CC(NC(=O)c1cc(C(F)(F)F)cnc1NCc1ccc(-c2ccc3ncc4ncn(C)c4c3c2)s1)c1ccc(F)c(F)c1. The summed E-state index contributed by atoms with van der Waals surface area (Å²) in [5.41, 5.74) is 2.36. The van der Waals surface area contributed by atoms with Gasteiger partial charge in [-0.3, -0.25) is 9.78 Å². The predicted molar refractivity (Wildman–Crippen MR) is 158 cm³/mol. The van der Waals surface area contributed by atoms with E-state index in [1.165, 1.54) is 24.3 Å². The van der Waals surface area contributed by atoms with Crippen molar-refractivity contribution in [2.24, 2.45) is 7.05 Å². The number of aryl methyl sites for hydroxylation is 1. The largest absolute Gasteiger partial charge is 0.417 e. The normalized spacial score (nSPS) is 12.5. The van der Waals surface area contributed by atoms with E-state index >= 15 is 0 Å². The summed E-state index contributed by atoms with van der Waals surface area (Å²) >= 11 is 1.48. The van der Waals surface area contributed by atoms with Crippen molar-refractivity contribution in [1.29, 1.82) is 0 Å². The first kappa shape index (κ1) is 29.2. The minimum absolute atomic E-state index is 0.0571. The molecule has 0 spiro atoms. The van der Waals surface area contributed by atoms with Crippen molar-refractivity contribution in [2.75, 3.05) is 5.32 Å². The first-order valence-electron chi connectivity index (χ1n) is 13.3. The van der Waals surface area contributed by atoms with Crippen LogP contribution in [0.15, 0.2) is 73.3 Å². The van der Waals surface area contributed by atoms with Crippen LogP contribution in [-0.2, 0) is 19.8 Å². The van der Waals surface area contributed by atoms with Crippen LogP contribution in [0.2, 0.25) is 0 Å². The number of pyridine rings is 2. The van der Waals surface area contributed by atoms with E-state index in [2.05, 4.69) is 25.6 Å². The van der Waals surface area contributed by atoms with Crippen LogP contribution in [0.5, 0.6) is 0 Å². The molecular formula is C31H23F5N6OS. The number of carbonyl (C=O) groups excluding carboxylic acids is 1. The van der Waals surface area contributed by atoms with Crippen LogP contribution in [0.4, 0.5) is 27.8 Å². The maximum atomic E-state index is 13.7. The van der Waals surface area contributed by atoms with Gasteiger partial charge in [0.25, 0.3) is 5.91 Å². The van der Waals surface area contributed by atoms with Gasteiger partial charge >= 0.3 is 6.18 Å². The molecule has 44 heavy (non-hydrogen) atoms. The summed E-state index contributed by atoms with van der Waals surface area (Å²) in [4.78, 5) is 27.7. The number of imidazole rings is 1. The van der Waals surface area contributed by atoms with Gasteiger partial charge < -0.3 is 15.2 Å². The molecule has 0 aliphatic heterocycles. The molecule has 1 amide bonds. The Morgan fingerprint density at radius 1 is 0.955 bits per heavy atom. The molecule has 4 aromatic heterocycles. The zero-order valence-corrected chi connectivity index (χ0v) is 24.0. The van der Waals surface area contributed by atoms with E-state index in [-0.39, 0.29) is 23.5 Å². The van der Waals surface area contributed by atoms with Gasteiger partial charge in [-0.25, -0.2) is 18.7 Å². The standard InChI is InChI=1S/C31H23F5N6OS/c1-16(17-3-6-23(32)24(33)10-17)41-30(43)22-11-19(31(34,35)36)12-38-29(22)39-13-20-5-8-27(44-20)18-4-7-25-21(9-18)28-26(14-37-25)40-15-42(28)2/h3-12,14-16H,13H2,1-2H3,(H,38,39)(H,41,43). The second-order valence-electron chi connectivity index (χ2n) is 10.2. The number of thiophene rings is 1. The molecule has 0 aliphatic carbocycles. The molecule has 2 aromatic carbocycles. The van der Waals surface area contributed by atoms with Crippen LogP contribution in [0.3, 0.4) is 0 Å². The van der Waals surface area contributed by atoms with E-state index in [9.17, 15) is 26.7 Å². The number of hydrogen-bond donors (Lipinski definition) is 2. The van der Waals surface area contributed by atoms with E-state index in [1.807, 2.05) is 41.9 Å². The van der Waals surface area contributed by atoms with Gasteiger partial charge in [0.1, 0.15) is 11.3 Å². The summed E-state index contributed by atoms with van der Waals surface area (Å²) in [5, 5.41) is 6.48. The summed E-state index contributed by atoms with van der Waals surface area (Å²) in [6, 6.07) is 12.8. The van der Waals surface area contributed by atoms with Gasteiger partial charge in [-0.15, -0.1) is 11.3 Å². The lowest BCUT2D eigenvalue weighted by Gasteiger charge is -2.17. The van der Waals surface area contributed by atoms with Gasteiger partial charge in [0, 0.05) is 28.4 Å². The smallest absolute Gasteiger partial charge is 0.365 e. The summed E-state index contributed by atoms with van der Waals surface area (Å²) in [6.07, 6.45) is -0.606. The number of halogens is 5. The molecule has 1 atom stereocenters. The molecule has 0 saturated heterocycles. The van der Waals surface area contributed by atoms with Gasteiger partial charge in [0.2, 0.25) is 0 Å². The van der Waals surface area contributed by atoms with Gasteiger partial charge in [-0.1, -0.05) is 12.1 Å². The molecule has 0 radical (unpaired) electrons. The highest BCUT2D eigenvalue weighted by Gasteiger charge is 2.33. The number of rotatable bonds is 7. The number of benzene rings is 2. The van der Waals surface area contributed by atoms with Crippen molar-refractivity contribution in [2.45, 2.75) is 25.7 Å². The molecular weight excluding hydrogens is 599 g/mol. The van der Waals surface area contributed by atoms with Crippen LogP contribution in [0.1, 0.15) is 39.3 Å². The number of nitrogens with one attached hydrogen (secondary N) is 2. The second kappa shape index (κ2) is 11.3. The third-order valence-corrected chi connectivity index (χ3v) is 8.30. The molecule has 1 unspecified atom stereocenters. The van der Waals surface area contributed by atoms with Crippen LogP contribution in [0, 0.1) is 11.6 Å². The Morgan fingerprint density at radius 3 is 2.55 bits per heavy atom. The van der Waals surface area contributed by atoms with Crippen molar-refractivity contribution in [3.05, 3.63) is 107 Å². The second-order valence-corrected chi connectivity index (χ2v) is 11.4. The monoisotopic (exact) mass is 622 g/mol. The fourth-order valence-corrected chi connectivity index (χ4v) is 5.81. The maximum Gasteiger partial charge on any atom is 0.417 e. The molecule has 0 bridgehead atoms. The molecule has 13 heteroatoms. The summed E-state index contributed by atoms with van der Waals surface area (Å²) < 4.78 is 69.5. The highest BCUT2D eigenvalue weighted by molar-refractivity contribution is 7.15. The Morgan fingerprint density at radius 2 is 1.77 bits per heavy atom. The third kappa shape index (κ3) is 5.70. The molecule has 2 N–H and O–H groups in total. The average Bonchev–Trinajstić information content (AvgIpc) is 3.63. The number of fused-ring (bicyclic) bond motifs is 3. The zero-order chi connectivity index (χ0) is 31.2. The van der Waals surface area contributed by atoms with Crippen molar-refractivity contribution in [3.63, 3.8) is 0 Å². The Balaban J connectivity index is 1.24. The van der Waals surface area contributed by atoms with Gasteiger partial charge in [-0.05, 0) is 60.5 Å². The lowest BCUT2D eigenvalue weighted by Crippen LogP contribution is -2.28. The van der Waals surface area contributed by atoms with E-state index in [0.717, 1.165) is 49.4 Å². The quantitative estimate of drug-likeness (QED) is 0.179. The summed E-state index contributed by atoms with van der Waals surface area (Å²) in [5.74, 6) is -3.08. The number of carbonyl (C=O) groups is 1. The molecule has 224 valence electrons. The molecule has 0 saturated carbocycles. The Bertz CT molecular complexity index is 2040. The van der Waals surface area contributed by atoms with E-state index in [4.69, 9.17) is 0 Å². The Labute approximate surface area is 251 Å². The first-order chi connectivity index (χ1) is 21.0. The molecule has 7 nitrogen and oxygen atoms in total. The number of nitrogens with zero attached hydrogens (tertiary/aromatic N) is 4. The van der Waals surface area contributed by atoms with E-state index < -0.39 is 35.3 Å². The molecule has 0 fully saturated rings. The van der Waals surface area contributed by atoms with E-state index in [1.54, 1.807) is 12.5 Å². The van der Waals surface area contributed by atoms with E-state index in [0.29, 0.717) is 12.3 Å². The molecule has 4 heterocycles. The minimum atomic E-state index is -4.73. The van der Waals surface area contributed by atoms with Crippen LogP contribution < -0.4 is 10.6 Å². The summed E-state index contributed by atoms with van der Waals surface area (Å²) in [7, 11) is 1.92. The molecule has 6 aromatic rings. The molecule has 6 rings (SSSR count). The van der Waals surface area contributed by atoms with Crippen LogP contribution in [0.25, 0.3) is 32.4 Å². The van der Waals surface area contributed by atoms with Gasteiger partial charge in [0.05, 0.1) is 47.3 Å². The number of anilines is 1. The Kier molecular flexibility index (Phi) is 7.49. The maximum absolute atomic E-state index is 13.7. The lowest BCUT2D eigenvalue weighted by molar-refractivity contribution is -0.137. The Hall–Kier alpha value is -4.91. The number of hydrogen-bond acceptors (Lipinski definition) is 6. The topological polar surface area (TPSA) is 84.7 Å². The zero-order valence-electron chi connectivity index (χ0n) is 23.2. The molecule has 0 aliphatic rings. The fraction of sp³-hybridized carbons (Fsp3) is 0.161. The first-order valence-corrected chi connectivity index (χ1v) is 14.2. The predicted octanol–water partition coefficient (Wildman–Crippen LogP) is 7.65. The highest BCUT2D eigenvalue weighted by atomic mass is 32.1. The van der Waals surface area contributed by atoms with Gasteiger partial charge in [-0.2, -0.15) is 13.2 Å². The van der Waals surface area contributed by atoms with Gasteiger partial charge in [0.15, 0.2) is 11.6 Å². The number of amides is 1. The van der Waals surface area contributed by atoms with Crippen LogP contribution in [-0.4, -0.2) is 25.4 Å². The average molecular weight is 623 g/mol. The van der Waals surface area contributed by atoms with Crippen molar-refractivity contribution in [3.8, 4) is 10.4 Å². The van der Waals surface area contributed by atoms with Crippen LogP contribution >= 0.6 is 11.3 Å². The third-order valence-electron chi connectivity index (χ3n) is 7.17. The van der Waals surface area contributed by atoms with Crippen molar-refractivity contribution < 1.29 is 26.7 Å². The van der Waals surface area contributed by atoms with Crippen molar-refractivity contribution in [1.82, 2.24) is 24.8 Å².